The van der Waals surface area contributed by atoms with E-state index in [1.54, 1.807) is 6.07 Å². The summed E-state index contributed by atoms with van der Waals surface area (Å²) < 4.78 is 24.7. The lowest BCUT2D eigenvalue weighted by atomic mass is 9.68. The van der Waals surface area contributed by atoms with Gasteiger partial charge in [-0.25, -0.2) is 4.39 Å². The minimum atomic E-state index is -0.492. The summed E-state index contributed by atoms with van der Waals surface area (Å²) >= 11 is 0. The van der Waals surface area contributed by atoms with Crippen LogP contribution < -0.4 is 10.5 Å². The van der Waals surface area contributed by atoms with E-state index in [-0.39, 0.29) is 30.0 Å². The molecule has 7 heteroatoms. The normalized spacial score (nSPS) is 25.2. The Morgan fingerprint density at radius 1 is 1.36 bits per heavy atom. The highest BCUT2D eigenvalue weighted by molar-refractivity contribution is 5.80. The Balaban J connectivity index is 1.38. The molecule has 1 heterocycles. The van der Waals surface area contributed by atoms with Gasteiger partial charge in [0.2, 0.25) is 5.91 Å². The first-order chi connectivity index (χ1) is 13.4. The van der Waals surface area contributed by atoms with Gasteiger partial charge in [0.1, 0.15) is 12.9 Å². The Labute approximate surface area is 165 Å². The fourth-order valence-corrected chi connectivity index (χ4v) is 4.03. The average molecular weight is 392 g/mol. The van der Waals surface area contributed by atoms with Crippen LogP contribution in [-0.4, -0.2) is 55.5 Å². The molecule has 2 fully saturated rings. The number of hydrogen-bond donors (Lipinski definition) is 1. The first kappa shape index (κ1) is 20.7. The first-order valence-corrected chi connectivity index (χ1v) is 9.88. The summed E-state index contributed by atoms with van der Waals surface area (Å²) in [5, 5.41) is 0. The minimum Gasteiger partial charge on any atom is -0.490 e. The molecule has 0 aromatic heterocycles. The number of likely N-dealkylation sites (tertiary alicyclic amines) is 1. The molecule has 1 aliphatic carbocycles. The largest absolute Gasteiger partial charge is 0.490 e. The molecule has 0 unspecified atom stereocenters. The maximum Gasteiger partial charge on any atom is 0.225 e. The molecule has 0 atom stereocenters. The molecule has 1 saturated carbocycles. The SMILES string of the molecule is Cc1ccc(OCC2CCN(C(=O)C3CC(N)(COCC=O)C3)CC2)c(F)c1. The summed E-state index contributed by atoms with van der Waals surface area (Å²) in [6.07, 6.45) is 3.59. The van der Waals surface area contributed by atoms with E-state index >= 15 is 0 Å². The van der Waals surface area contributed by atoms with Crippen LogP contribution in [0.3, 0.4) is 0 Å². The second-order valence-corrected chi connectivity index (χ2v) is 8.16. The number of aryl methyl sites for hydroxylation is 1. The van der Waals surface area contributed by atoms with Gasteiger partial charge >= 0.3 is 0 Å². The number of halogens is 1. The summed E-state index contributed by atoms with van der Waals surface area (Å²) in [6, 6.07) is 4.97. The lowest BCUT2D eigenvalue weighted by Crippen LogP contribution is -2.59. The van der Waals surface area contributed by atoms with Crippen LogP contribution in [0.25, 0.3) is 0 Å². The Hall–Kier alpha value is -1.99. The van der Waals surface area contributed by atoms with Crippen LogP contribution in [0, 0.1) is 24.6 Å². The van der Waals surface area contributed by atoms with Crippen molar-refractivity contribution in [3.05, 3.63) is 29.6 Å². The number of piperidine rings is 1. The molecule has 0 radical (unpaired) electrons. The molecule has 0 spiro atoms. The first-order valence-electron chi connectivity index (χ1n) is 9.88. The molecule has 2 aliphatic rings. The summed E-state index contributed by atoms with van der Waals surface area (Å²) in [4.78, 5) is 24.9. The molecule has 1 aromatic rings. The van der Waals surface area contributed by atoms with Gasteiger partial charge in [-0.15, -0.1) is 0 Å². The van der Waals surface area contributed by atoms with Crippen molar-refractivity contribution in [3.8, 4) is 5.75 Å². The van der Waals surface area contributed by atoms with Crippen LogP contribution >= 0.6 is 0 Å². The molecule has 0 bridgehead atoms. The van der Waals surface area contributed by atoms with E-state index in [1.807, 2.05) is 17.9 Å². The lowest BCUT2D eigenvalue weighted by Gasteiger charge is -2.46. The number of amides is 1. The van der Waals surface area contributed by atoms with Gasteiger partial charge < -0.3 is 24.9 Å². The van der Waals surface area contributed by atoms with Gasteiger partial charge in [0.25, 0.3) is 0 Å². The summed E-state index contributed by atoms with van der Waals surface area (Å²) in [6.45, 7) is 4.04. The number of nitrogens with zero attached hydrogens (tertiary/aromatic N) is 1. The van der Waals surface area contributed by atoms with E-state index < -0.39 is 5.54 Å². The average Bonchev–Trinajstić information content (AvgIpc) is 2.65. The quantitative estimate of drug-likeness (QED) is 0.541. The smallest absolute Gasteiger partial charge is 0.225 e. The lowest BCUT2D eigenvalue weighted by molar-refractivity contribution is -0.143. The van der Waals surface area contributed by atoms with Crippen LogP contribution in [-0.2, 0) is 14.3 Å². The molecule has 3 rings (SSSR count). The number of aldehydes is 1. The molecule has 2 N–H and O–H groups in total. The number of nitrogens with two attached hydrogens (primary N) is 1. The van der Waals surface area contributed by atoms with E-state index in [0.29, 0.717) is 51.3 Å². The Morgan fingerprint density at radius 3 is 2.71 bits per heavy atom. The van der Waals surface area contributed by atoms with Crippen molar-refractivity contribution >= 4 is 12.2 Å². The second-order valence-electron chi connectivity index (χ2n) is 8.16. The maximum atomic E-state index is 13.9. The molecule has 1 amide bonds. The second kappa shape index (κ2) is 9.01. The van der Waals surface area contributed by atoms with Crippen LogP contribution in [0.1, 0.15) is 31.2 Å². The van der Waals surface area contributed by atoms with E-state index in [4.69, 9.17) is 15.2 Å². The van der Waals surface area contributed by atoms with Gasteiger partial charge in [-0.2, -0.15) is 0 Å². The van der Waals surface area contributed by atoms with Gasteiger partial charge in [0.15, 0.2) is 11.6 Å². The predicted octanol–water partition coefficient (Wildman–Crippen LogP) is 2.07. The Kier molecular flexibility index (Phi) is 6.67. The predicted molar refractivity (Wildman–Crippen MR) is 102 cm³/mol. The maximum absolute atomic E-state index is 13.9. The molecular formula is C21H29FN2O4. The zero-order valence-corrected chi connectivity index (χ0v) is 16.4. The van der Waals surface area contributed by atoms with Crippen molar-refractivity contribution in [3.63, 3.8) is 0 Å². The van der Waals surface area contributed by atoms with Crippen LogP contribution in [0.2, 0.25) is 0 Å². The number of carbonyl (C=O) groups excluding carboxylic acids is 2. The topological polar surface area (TPSA) is 81.9 Å². The van der Waals surface area contributed by atoms with Crippen molar-refractivity contribution in [1.29, 1.82) is 0 Å². The van der Waals surface area contributed by atoms with Gasteiger partial charge in [-0.1, -0.05) is 6.07 Å². The summed E-state index contributed by atoms with van der Waals surface area (Å²) in [5.41, 5.74) is 6.55. The Morgan fingerprint density at radius 2 is 2.07 bits per heavy atom. The highest BCUT2D eigenvalue weighted by Crippen LogP contribution is 2.38. The van der Waals surface area contributed by atoms with E-state index in [9.17, 15) is 14.0 Å². The molecule has 6 nitrogen and oxygen atoms in total. The highest BCUT2D eigenvalue weighted by Gasteiger charge is 2.46. The fourth-order valence-electron chi connectivity index (χ4n) is 4.03. The molecule has 1 saturated heterocycles. The molecule has 1 aliphatic heterocycles. The number of carbonyl (C=O) groups is 2. The van der Waals surface area contributed by atoms with Crippen molar-refractivity contribution in [2.75, 3.05) is 32.9 Å². The van der Waals surface area contributed by atoms with Gasteiger partial charge in [-0.3, -0.25) is 4.79 Å². The van der Waals surface area contributed by atoms with Crippen molar-refractivity contribution < 1.29 is 23.5 Å². The standard InChI is InChI=1S/C21H29FN2O4/c1-15-2-3-19(18(22)10-15)28-13-16-4-6-24(7-5-16)20(26)17-11-21(23,12-17)14-27-9-8-25/h2-3,8,10,16-17H,4-7,9,11-14,23H2,1H3. The number of benzene rings is 1. The van der Waals surface area contributed by atoms with E-state index in [1.165, 1.54) is 6.07 Å². The van der Waals surface area contributed by atoms with Crippen molar-refractivity contribution in [1.82, 2.24) is 4.90 Å². The molecule has 154 valence electrons. The fraction of sp³-hybridized carbons (Fsp3) is 0.619. The molecule has 1 aromatic carbocycles. The van der Waals surface area contributed by atoms with Gasteiger partial charge in [-0.05, 0) is 56.2 Å². The third-order valence-corrected chi connectivity index (χ3v) is 5.72. The van der Waals surface area contributed by atoms with Crippen LogP contribution in [0.15, 0.2) is 18.2 Å². The van der Waals surface area contributed by atoms with Crippen LogP contribution in [0.5, 0.6) is 5.75 Å². The monoisotopic (exact) mass is 392 g/mol. The molecule has 28 heavy (non-hydrogen) atoms. The Bertz CT molecular complexity index is 698. The summed E-state index contributed by atoms with van der Waals surface area (Å²) in [7, 11) is 0. The number of rotatable bonds is 8. The third kappa shape index (κ3) is 5.08. The number of ether oxygens (including phenoxy) is 2. The van der Waals surface area contributed by atoms with E-state index in [0.717, 1.165) is 18.4 Å². The van der Waals surface area contributed by atoms with Gasteiger partial charge in [0, 0.05) is 24.5 Å². The van der Waals surface area contributed by atoms with Crippen molar-refractivity contribution in [2.45, 2.75) is 38.1 Å². The number of hydrogen-bond acceptors (Lipinski definition) is 5. The van der Waals surface area contributed by atoms with Gasteiger partial charge in [0.05, 0.1) is 13.2 Å². The molecular weight excluding hydrogens is 363 g/mol. The zero-order chi connectivity index (χ0) is 20.1. The zero-order valence-electron chi connectivity index (χ0n) is 16.4. The van der Waals surface area contributed by atoms with E-state index in [2.05, 4.69) is 0 Å². The van der Waals surface area contributed by atoms with Crippen LogP contribution in [0.4, 0.5) is 4.39 Å². The highest BCUT2D eigenvalue weighted by atomic mass is 19.1. The van der Waals surface area contributed by atoms with Crippen molar-refractivity contribution in [2.24, 2.45) is 17.6 Å². The minimum absolute atomic E-state index is 0.0413. The summed E-state index contributed by atoms with van der Waals surface area (Å²) in [5.74, 6) is 0.367. The third-order valence-electron chi connectivity index (χ3n) is 5.72.